The lowest BCUT2D eigenvalue weighted by atomic mass is 10.00. The predicted octanol–water partition coefficient (Wildman–Crippen LogP) is 5.68. The summed E-state index contributed by atoms with van der Waals surface area (Å²) in [7, 11) is 1.58. The van der Waals surface area contributed by atoms with Crippen LogP contribution in [0.4, 0.5) is 10.5 Å². The SMILES string of the molecule is COc1ccc(NC(=O)C[n+]2ccc(CN3CCC(=CC4=C(C(=O)OC(c5ccccc5)c5ccccc5)N5C(=O)[C@@H](NC(=O)OC(C)(C)C)[C@H]5SC4)C3=O)cc2)cc1. The van der Waals surface area contributed by atoms with Crippen molar-refractivity contribution in [3.8, 4) is 5.75 Å². The zero-order chi connectivity index (χ0) is 41.7. The van der Waals surface area contributed by atoms with Gasteiger partial charge in [-0.25, -0.2) is 9.59 Å². The maximum Gasteiger partial charge on any atom is 0.408 e. The van der Waals surface area contributed by atoms with Crippen LogP contribution in [0.2, 0.25) is 0 Å². The molecule has 59 heavy (non-hydrogen) atoms. The molecule has 2 saturated heterocycles. The second kappa shape index (κ2) is 17.6. The number of alkyl carbamates (subject to hydrolysis) is 1. The van der Waals surface area contributed by atoms with Gasteiger partial charge in [-0.2, -0.15) is 4.57 Å². The van der Waals surface area contributed by atoms with Crippen LogP contribution < -0.4 is 19.9 Å². The molecule has 2 atom stereocenters. The largest absolute Gasteiger partial charge is 0.497 e. The lowest BCUT2D eigenvalue weighted by molar-refractivity contribution is -0.684. The molecule has 14 heteroatoms. The molecule has 0 saturated carbocycles. The van der Waals surface area contributed by atoms with Crippen molar-refractivity contribution < 1.29 is 42.8 Å². The minimum Gasteiger partial charge on any atom is -0.497 e. The Morgan fingerprint density at radius 1 is 0.915 bits per heavy atom. The van der Waals surface area contributed by atoms with Crippen molar-refractivity contribution >= 4 is 47.2 Å². The highest BCUT2D eigenvalue weighted by Crippen LogP contribution is 2.43. The summed E-state index contributed by atoms with van der Waals surface area (Å²) in [4.78, 5) is 70.5. The second-order valence-electron chi connectivity index (χ2n) is 15.3. The summed E-state index contributed by atoms with van der Waals surface area (Å²) in [5.41, 5.74) is 3.31. The van der Waals surface area contributed by atoms with Crippen molar-refractivity contribution in [3.05, 3.63) is 149 Å². The number of pyridine rings is 1. The number of hydrogen-bond acceptors (Lipinski definition) is 9. The molecule has 2 fully saturated rings. The first-order valence-electron chi connectivity index (χ1n) is 19.3. The van der Waals surface area contributed by atoms with E-state index in [0.717, 1.165) is 16.7 Å². The fourth-order valence-corrected chi connectivity index (χ4v) is 8.35. The summed E-state index contributed by atoms with van der Waals surface area (Å²) >= 11 is 1.38. The van der Waals surface area contributed by atoms with Crippen molar-refractivity contribution in [1.82, 2.24) is 15.1 Å². The molecule has 3 aromatic carbocycles. The minimum absolute atomic E-state index is 0.0419. The third kappa shape index (κ3) is 9.66. The average molecular weight is 817 g/mol. The minimum atomic E-state index is -0.915. The predicted molar refractivity (Wildman–Crippen MR) is 220 cm³/mol. The van der Waals surface area contributed by atoms with Crippen molar-refractivity contribution in [2.24, 2.45) is 0 Å². The number of fused-ring (bicyclic) bond motifs is 1. The van der Waals surface area contributed by atoms with Crippen LogP contribution in [0, 0.1) is 0 Å². The molecule has 0 aliphatic carbocycles. The number of anilines is 1. The van der Waals surface area contributed by atoms with Crippen LogP contribution >= 0.6 is 11.8 Å². The standard InChI is InChI=1S/C45H45N5O8S/c1-45(2,3)58-44(55)47-37-41(53)50-38(43(54)57-39(30-11-7-5-8-12-30)31-13-9-6-10-14-31)33(28-59-42(37)50)25-32-21-24-49(40(32)52)26-29-19-22-48(23-20-29)27-36(51)46-34-15-17-35(56-4)18-16-34/h5-20,22-23,25,37,39,42H,21,24,26-28H2,1-4H3,(H-,46,47,51,55)/p+1/t37-,42-/m1/s1. The maximum atomic E-state index is 14.4. The fraction of sp³-hybridized carbons (Fsp3) is 0.289. The van der Waals surface area contributed by atoms with Crippen molar-refractivity contribution in [2.45, 2.75) is 63.4 Å². The van der Waals surface area contributed by atoms with E-state index < -0.39 is 41.1 Å². The molecule has 2 N–H and O–H groups in total. The molecule has 304 valence electrons. The van der Waals surface area contributed by atoms with E-state index in [1.165, 1.54) is 16.7 Å². The van der Waals surface area contributed by atoms with E-state index in [1.807, 2.05) is 72.8 Å². The van der Waals surface area contributed by atoms with Gasteiger partial charge >= 0.3 is 12.1 Å². The van der Waals surface area contributed by atoms with Gasteiger partial charge in [0.15, 0.2) is 18.5 Å². The number of amides is 4. The molecule has 4 heterocycles. The Labute approximate surface area is 347 Å². The number of nitrogens with one attached hydrogen (secondary N) is 2. The smallest absolute Gasteiger partial charge is 0.408 e. The summed E-state index contributed by atoms with van der Waals surface area (Å²) in [6.07, 6.45) is 4.24. The zero-order valence-electron chi connectivity index (χ0n) is 33.3. The van der Waals surface area contributed by atoms with Crippen molar-refractivity contribution in [2.75, 3.05) is 24.7 Å². The Kier molecular flexibility index (Phi) is 12.2. The molecule has 3 aliphatic heterocycles. The first kappa shape index (κ1) is 40.8. The summed E-state index contributed by atoms with van der Waals surface area (Å²) in [6, 6.07) is 28.6. The van der Waals surface area contributed by atoms with Crippen LogP contribution in [0.15, 0.2) is 132 Å². The molecule has 1 aromatic heterocycles. The third-order valence-corrected chi connectivity index (χ3v) is 11.2. The van der Waals surface area contributed by atoms with Gasteiger partial charge in [-0.15, -0.1) is 11.8 Å². The second-order valence-corrected chi connectivity index (χ2v) is 16.4. The third-order valence-electron chi connectivity index (χ3n) is 9.89. The van der Waals surface area contributed by atoms with Gasteiger partial charge in [0.05, 0.1) is 7.11 Å². The van der Waals surface area contributed by atoms with Crippen LogP contribution in [-0.2, 0) is 41.7 Å². The highest BCUT2D eigenvalue weighted by Gasteiger charge is 2.55. The van der Waals surface area contributed by atoms with Crippen LogP contribution in [0.25, 0.3) is 0 Å². The molecule has 0 radical (unpaired) electrons. The van der Waals surface area contributed by atoms with Gasteiger partial charge in [-0.3, -0.25) is 19.3 Å². The number of ether oxygens (including phenoxy) is 3. The Bertz CT molecular complexity index is 2240. The van der Waals surface area contributed by atoms with Crippen molar-refractivity contribution in [3.63, 3.8) is 0 Å². The van der Waals surface area contributed by atoms with E-state index in [0.29, 0.717) is 42.1 Å². The Hall–Kier alpha value is -6.41. The average Bonchev–Trinajstić information content (AvgIpc) is 3.56. The van der Waals surface area contributed by atoms with Gasteiger partial charge in [-0.05, 0) is 79.8 Å². The van der Waals surface area contributed by atoms with Gasteiger partial charge in [0.2, 0.25) is 12.5 Å². The highest BCUT2D eigenvalue weighted by atomic mass is 32.2. The lowest BCUT2D eigenvalue weighted by Gasteiger charge is -2.49. The molecule has 3 aliphatic rings. The number of carbonyl (C=O) groups excluding carboxylic acids is 5. The number of β-lactam (4-membered cyclic amide) rings is 1. The summed E-state index contributed by atoms with van der Waals surface area (Å²) in [5, 5.41) is 4.96. The van der Waals surface area contributed by atoms with E-state index in [2.05, 4.69) is 10.6 Å². The number of benzene rings is 3. The van der Waals surface area contributed by atoms with Crippen LogP contribution in [0.1, 0.15) is 50.0 Å². The van der Waals surface area contributed by atoms with E-state index in [-0.39, 0.29) is 29.8 Å². The molecule has 7 rings (SSSR count). The molecule has 0 unspecified atom stereocenters. The molecule has 13 nitrogen and oxygen atoms in total. The normalized spacial score (nSPS) is 18.4. The van der Waals surface area contributed by atoms with E-state index in [4.69, 9.17) is 14.2 Å². The number of likely N-dealkylation sites (tertiary alicyclic amines) is 1. The van der Waals surface area contributed by atoms with Gasteiger partial charge in [0.25, 0.3) is 11.8 Å². The lowest BCUT2D eigenvalue weighted by Crippen LogP contribution is -2.70. The molecule has 0 spiro atoms. The fourth-order valence-electron chi connectivity index (χ4n) is 7.05. The number of hydrogen-bond donors (Lipinski definition) is 2. The van der Waals surface area contributed by atoms with Crippen LogP contribution in [-0.4, -0.2) is 76.0 Å². The van der Waals surface area contributed by atoms with E-state index in [9.17, 15) is 24.0 Å². The topological polar surface area (TPSA) is 147 Å². The summed E-state index contributed by atoms with van der Waals surface area (Å²) in [5.74, 6) is -0.587. The van der Waals surface area contributed by atoms with Gasteiger partial charge in [0.1, 0.15) is 28.5 Å². The van der Waals surface area contributed by atoms with Crippen LogP contribution in [0.3, 0.4) is 0 Å². The Morgan fingerprint density at radius 2 is 1.56 bits per heavy atom. The number of esters is 1. The number of aromatic nitrogens is 1. The molecule has 4 aromatic rings. The summed E-state index contributed by atoms with van der Waals surface area (Å²) < 4.78 is 18.6. The summed E-state index contributed by atoms with van der Waals surface area (Å²) in [6.45, 7) is 6.11. The molecular weight excluding hydrogens is 771 g/mol. The molecule has 4 amide bonds. The first-order valence-corrected chi connectivity index (χ1v) is 20.3. The van der Waals surface area contributed by atoms with Gasteiger partial charge in [-0.1, -0.05) is 60.7 Å². The monoisotopic (exact) mass is 816 g/mol. The number of rotatable bonds is 12. The zero-order valence-corrected chi connectivity index (χ0v) is 34.1. The van der Waals surface area contributed by atoms with Crippen LogP contribution in [0.5, 0.6) is 5.75 Å². The maximum absolute atomic E-state index is 14.4. The quantitative estimate of drug-likeness (QED) is 0.0799. The Balaban J connectivity index is 1.09. The number of nitrogens with zero attached hydrogens (tertiary/aromatic N) is 3. The molecule has 0 bridgehead atoms. The number of allylic oxidation sites excluding steroid dienone is 1. The van der Waals surface area contributed by atoms with Gasteiger partial charge < -0.3 is 29.7 Å². The van der Waals surface area contributed by atoms with Crippen molar-refractivity contribution in [1.29, 1.82) is 0 Å². The van der Waals surface area contributed by atoms with E-state index in [1.54, 1.807) is 80.1 Å². The Morgan fingerprint density at radius 3 is 2.17 bits per heavy atom. The first-order chi connectivity index (χ1) is 28.4. The van der Waals surface area contributed by atoms with Gasteiger partial charge in [0, 0.05) is 42.2 Å². The number of carbonyl (C=O) groups is 5. The number of methoxy groups -OCH3 is 1. The highest BCUT2D eigenvalue weighted by molar-refractivity contribution is 8.00. The molecular formula is C45H46N5O8S+. The van der Waals surface area contributed by atoms with E-state index >= 15 is 0 Å². The number of thioether (sulfide) groups is 1.